The van der Waals surface area contributed by atoms with E-state index in [-0.39, 0.29) is 11.5 Å². The Balaban J connectivity index is 1.95. The molecule has 0 amide bonds. The average molecular weight is 368 g/mol. The Labute approximate surface area is 124 Å². The van der Waals surface area contributed by atoms with Crippen LogP contribution in [0.1, 0.15) is 23.0 Å². The maximum absolute atomic E-state index is 11.8. The highest BCUT2D eigenvalue weighted by Crippen LogP contribution is 2.30. The lowest BCUT2D eigenvalue weighted by Crippen LogP contribution is -2.25. The number of fused-ring (bicyclic) bond motifs is 1. The number of hydrogen-bond donors (Lipinski definition) is 1. The van der Waals surface area contributed by atoms with E-state index in [4.69, 9.17) is 4.74 Å². The van der Waals surface area contributed by atoms with Gasteiger partial charge in [0, 0.05) is 0 Å². The topological polar surface area (TPSA) is 55.0 Å². The number of benzene rings is 1. The molecular weight excluding hydrogens is 355 g/mol. The fourth-order valence-corrected chi connectivity index (χ4v) is 2.55. The lowest BCUT2D eigenvalue weighted by Gasteiger charge is -2.24. The van der Waals surface area contributed by atoms with Crippen LogP contribution in [0.5, 0.6) is 5.75 Å². The first-order valence-electron chi connectivity index (χ1n) is 6.12. The molecule has 0 saturated heterocycles. The van der Waals surface area contributed by atoms with E-state index in [1.54, 1.807) is 0 Å². The minimum atomic E-state index is -0.0676. The van der Waals surface area contributed by atoms with Crippen molar-refractivity contribution in [2.75, 3.05) is 6.61 Å². The number of aromatic nitrogens is 2. The smallest absolute Gasteiger partial charge is 0.264 e. The first-order chi connectivity index (χ1) is 9.15. The van der Waals surface area contributed by atoms with E-state index in [1.807, 2.05) is 47.7 Å². The summed E-state index contributed by atoms with van der Waals surface area (Å²) in [4.78, 5) is 19.2. The van der Waals surface area contributed by atoms with Crippen LogP contribution in [0.4, 0.5) is 0 Å². The van der Waals surface area contributed by atoms with Gasteiger partial charge in [0.2, 0.25) is 0 Å². The summed E-state index contributed by atoms with van der Waals surface area (Å²) in [7, 11) is 0. The number of ether oxygens (including phenoxy) is 1. The largest absolute Gasteiger partial charge is 0.493 e. The number of para-hydroxylation sites is 1. The predicted molar refractivity (Wildman–Crippen MR) is 80.7 cm³/mol. The van der Waals surface area contributed by atoms with E-state index in [2.05, 4.69) is 16.0 Å². The lowest BCUT2D eigenvalue weighted by atomic mass is 9.96. The van der Waals surface area contributed by atoms with E-state index < -0.39 is 0 Å². The van der Waals surface area contributed by atoms with Crippen LogP contribution in [0.2, 0.25) is 0 Å². The highest BCUT2D eigenvalue weighted by molar-refractivity contribution is 14.1. The van der Waals surface area contributed by atoms with Crippen LogP contribution >= 0.6 is 22.6 Å². The van der Waals surface area contributed by atoms with Crippen molar-refractivity contribution in [3.05, 3.63) is 55.3 Å². The zero-order valence-corrected chi connectivity index (χ0v) is 12.6. The van der Waals surface area contributed by atoms with Crippen LogP contribution < -0.4 is 10.3 Å². The molecule has 1 aliphatic heterocycles. The number of aryl methyl sites for hydroxylation is 1. The Morgan fingerprint density at radius 2 is 2.21 bits per heavy atom. The van der Waals surface area contributed by atoms with Crippen LogP contribution in [-0.4, -0.2) is 16.6 Å². The van der Waals surface area contributed by atoms with Crippen molar-refractivity contribution < 1.29 is 4.74 Å². The quantitative estimate of drug-likeness (QED) is 0.787. The van der Waals surface area contributed by atoms with Crippen LogP contribution in [0.15, 0.2) is 29.1 Å². The number of nitrogens with one attached hydrogen (secondary N) is 1. The molecule has 1 atom stereocenters. The van der Waals surface area contributed by atoms with Crippen molar-refractivity contribution in [1.82, 2.24) is 9.97 Å². The van der Waals surface area contributed by atoms with Gasteiger partial charge in [0.25, 0.3) is 5.56 Å². The number of halogens is 1. The van der Waals surface area contributed by atoms with Crippen molar-refractivity contribution in [3.8, 4) is 5.75 Å². The fourth-order valence-electron chi connectivity index (χ4n) is 2.29. The fraction of sp³-hybridized carbons (Fsp3) is 0.286. The maximum atomic E-state index is 11.8. The van der Waals surface area contributed by atoms with Gasteiger partial charge in [-0.05, 0) is 47.6 Å². The molecule has 0 aliphatic carbocycles. The molecule has 1 aliphatic rings. The molecule has 5 heteroatoms. The zero-order valence-electron chi connectivity index (χ0n) is 10.4. The normalized spacial score (nSPS) is 17.7. The van der Waals surface area contributed by atoms with E-state index in [0.29, 0.717) is 10.2 Å². The molecule has 98 valence electrons. The van der Waals surface area contributed by atoms with E-state index >= 15 is 0 Å². The standard InChI is InChI=1S/C14H13IN2O2/c1-8-12(15)14(18)17-13(16-8)10-6-9-4-2-3-5-11(9)19-7-10/h2-5,10H,6-7H2,1H3,(H,16,17,18). The summed E-state index contributed by atoms with van der Waals surface area (Å²) >= 11 is 2.02. The minimum absolute atomic E-state index is 0.0676. The van der Waals surface area contributed by atoms with Gasteiger partial charge in [-0.1, -0.05) is 18.2 Å². The van der Waals surface area contributed by atoms with Crippen LogP contribution in [0, 0.1) is 10.5 Å². The Morgan fingerprint density at radius 3 is 3.00 bits per heavy atom. The van der Waals surface area contributed by atoms with Gasteiger partial charge in [0.15, 0.2) is 0 Å². The molecule has 2 aromatic rings. The van der Waals surface area contributed by atoms with Crippen molar-refractivity contribution in [1.29, 1.82) is 0 Å². The first kappa shape index (κ1) is 12.7. The van der Waals surface area contributed by atoms with Gasteiger partial charge in [-0.2, -0.15) is 0 Å². The summed E-state index contributed by atoms with van der Waals surface area (Å²) in [6.07, 6.45) is 0.846. The zero-order chi connectivity index (χ0) is 13.4. The molecule has 0 radical (unpaired) electrons. The highest BCUT2D eigenvalue weighted by Gasteiger charge is 2.23. The van der Waals surface area contributed by atoms with Crippen molar-refractivity contribution in [3.63, 3.8) is 0 Å². The Morgan fingerprint density at radius 1 is 1.42 bits per heavy atom. The Bertz CT molecular complexity index is 681. The Kier molecular flexibility index (Phi) is 3.30. The molecule has 3 rings (SSSR count). The van der Waals surface area contributed by atoms with Crippen molar-refractivity contribution >= 4 is 22.6 Å². The predicted octanol–water partition coefficient (Wildman–Crippen LogP) is 2.40. The molecule has 1 unspecified atom stereocenters. The molecule has 0 fully saturated rings. The lowest BCUT2D eigenvalue weighted by molar-refractivity contribution is 0.257. The minimum Gasteiger partial charge on any atom is -0.493 e. The van der Waals surface area contributed by atoms with Gasteiger partial charge in [0.1, 0.15) is 11.6 Å². The summed E-state index contributed by atoms with van der Waals surface area (Å²) < 4.78 is 6.39. The number of nitrogens with zero attached hydrogens (tertiary/aromatic N) is 1. The van der Waals surface area contributed by atoms with E-state index in [0.717, 1.165) is 29.3 Å². The third kappa shape index (κ3) is 2.39. The number of hydrogen-bond acceptors (Lipinski definition) is 3. The SMILES string of the molecule is Cc1nc(C2COc3ccccc3C2)[nH]c(=O)c1I. The highest BCUT2D eigenvalue weighted by atomic mass is 127. The summed E-state index contributed by atoms with van der Waals surface area (Å²) in [5, 5.41) is 0. The van der Waals surface area contributed by atoms with Crippen molar-refractivity contribution in [2.45, 2.75) is 19.3 Å². The molecule has 1 aromatic heterocycles. The van der Waals surface area contributed by atoms with Gasteiger partial charge < -0.3 is 9.72 Å². The molecule has 1 aromatic carbocycles. The summed E-state index contributed by atoms with van der Waals surface area (Å²) in [6.45, 7) is 2.41. The summed E-state index contributed by atoms with van der Waals surface area (Å²) in [5.41, 5.74) is 1.87. The van der Waals surface area contributed by atoms with E-state index in [1.165, 1.54) is 0 Å². The van der Waals surface area contributed by atoms with Crippen LogP contribution in [0.25, 0.3) is 0 Å². The summed E-state index contributed by atoms with van der Waals surface area (Å²) in [5.74, 6) is 1.76. The number of rotatable bonds is 1. The maximum Gasteiger partial charge on any atom is 0.264 e. The number of aromatic amines is 1. The van der Waals surface area contributed by atoms with Crippen LogP contribution in [-0.2, 0) is 6.42 Å². The molecule has 0 spiro atoms. The van der Waals surface area contributed by atoms with E-state index in [9.17, 15) is 4.79 Å². The average Bonchev–Trinajstić information content (AvgIpc) is 2.43. The molecule has 0 bridgehead atoms. The van der Waals surface area contributed by atoms with Gasteiger partial charge in [-0.15, -0.1) is 0 Å². The molecule has 19 heavy (non-hydrogen) atoms. The third-order valence-corrected chi connectivity index (χ3v) is 4.58. The molecular formula is C14H13IN2O2. The monoisotopic (exact) mass is 368 g/mol. The molecule has 0 saturated carbocycles. The second-order valence-corrected chi connectivity index (χ2v) is 5.75. The third-order valence-electron chi connectivity index (χ3n) is 3.31. The first-order valence-corrected chi connectivity index (χ1v) is 7.20. The molecule has 1 N–H and O–H groups in total. The molecule has 4 nitrogen and oxygen atoms in total. The molecule has 2 heterocycles. The second-order valence-electron chi connectivity index (χ2n) is 4.67. The van der Waals surface area contributed by atoms with Crippen molar-refractivity contribution in [2.24, 2.45) is 0 Å². The summed E-state index contributed by atoms with van der Waals surface area (Å²) in [6, 6.07) is 7.99. The van der Waals surface area contributed by atoms with Gasteiger partial charge in [-0.3, -0.25) is 4.79 Å². The van der Waals surface area contributed by atoms with Crippen LogP contribution in [0.3, 0.4) is 0 Å². The number of H-pyrrole nitrogens is 1. The van der Waals surface area contributed by atoms with Gasteiger partial charge in [0.05, 0.1) is 21.8 Å². The second kappa shape index (κ2) is 4.96. The van der Waals surface area contributed by atoms with Gasteiger partial charge >= 0.3 is 0 Å². The Hall–Kier alpha value is -1.37. The van der Waals surface area contributed by atoms with Gasteiger partial charge in [-0.25, -0.2) is 4.98 Å².